The molecule has 0 fully saturated rings. The molecule has 17 heavy (non-hydrogen) atoms. The fourth-order valence-electron chi connectivity index (χ4n) is 1.51. The predicted octanol–water partition coefficient (Wildman–Crippen LogP) is 3.68. The van der Waals surface area contributed by atoms with Crippen LogP contribution in [0, 0.1) is 13.8 Å². The average Bonchev–Trinajstić information content (AvgIpc) is 2.30. The second-order valence-electron chi connectivity index (χ2n) is 3.98. The molecule has 0 atom stereocenters. The van der Waals surface area contributed by atoms with Crippen LogP contribution in [0.25, 0.3) is 0 Å². The fraction of sp³-hybridized carbons (Fsp3) is 0.154. The van der Waals surface area contributed by atoms with Gasteiger partial charge < -0.3 is 11.1 Å². The van der Waals surface area contributed by atoms with Crippen LogP contribution in [0.3, 0.4) is 0 Å². The monoisotopic (exact) mass is 247 g/mol. The molecule has 0 unspecified atom stereocenters. The highest BCUT2D eigenvalue weighted by molar-refractivity contribution is 6.33. The maximum Gasteiger partial charge on any atom is 0.155 e. The number of aryl methyl sites for hydroxylation is 2. The average molecular weight is 248 g/mol. The number of aromatic nitrogens is 1. The summed E-state index contributed by atoms with van der Waals surface area (Å²) >= 11 is 5.93. The van der Waals surface area contributed by atoms with Crippen molar-refractivity contribution in [3.05, 3.63) is 46.6 Å². The summed E-state index contributed by atoms with van der Waals surface area (Å²) in [6, 6.07) is 7.77. The highest BCUT2D eigenvalue weighted by Gasteiger charge is 2.05. The molecule has 2 rings (SSSR count). The summed E-state index contributed by atoms with van der Waals surface area (Å²) in [6.45, 7) is 4.14. The quantitative estimate of drug-likeness (QED) is 0.851. The molecular weight excluding hydrogens is 234 g/mol. The maximum absolute atomic E-state index is 5.93. The minimum Gasteiger partial charge on any atom is -0.395 e. The van der Waals surface area contributed by atoms with Gasteiger partial charge in [0.1, 0.15) is 0 Å². The third kappa shape index (κ3) is 2.50. The summed E-state index contributed by atoms with van der Waals surface area (Å²) in [6.07, 6.45) is 1.63. The highest BCUT2D eigenvalue weighted by Crippen LogP contribution is 2.27. The molecule has 0 saturated heterocycles. The van der Waals surface area contributed by atoms with E-state index in [1.807, 2.05) is 6.07 Å². The number of halogens is 1. The molecule has 3 nitrogen and oxygen atoms in total. The molecule has 0 bridgehead atoms. The van der Waals surface area contributed by atoms with Crippen LogP contribution >= 0.6 is 11.6 Å². The number of anilines is 3. The number of nitrogens with one attached hydrogen (secondary N) is 1. The first-order valence-electron chi connectivity index (χ1n) is 5.32. The van der Waals surface area contributed by atoms with Gasteiger partial charge in [-0.1, -0.05) is 17.7 Å². The number of pyridine rings is 1. The van der Waals surface area contributed by atoms with Crippen molar-refractivity contribution in [2.45, 2.75) is 13.8 Å². The molecule has 1 aromatic heterocycles. The lowest BCUT2D eigenvalue weighted by Gasteiger charge is -2.10. The van der Waals surface area contributed by atoms with Gasteiger partial charge in [-0.15, -0.1) is 0 Å². The maximum atomic E-state index is 5.93. The second kappa shape index (κ2) is 4.63. The molecule has 0 aliphatic carbocycles. The zero-order valence-corrected chi connectivity index (χ0v) is 10.5. The molecule has 1 heterocycles. The Morgan fingerprint density at radius 3 is 2.65 bits per heavy atom. The second-order valence-corrected chi connectivity index (χ2v) is 4.39. The summed E-state index contributed by atoms with van der Waals surface area (Å²) in [7, 11) is 0. The van der Waals surface area contributed by atoms with Crippen molar-refractivity contribution < 1.29 is 0 Å². The molecule has 0 saturated carbocycles. The third-order valence-electron chi connectivity index (χ3n) is 2.71. The van der Waals surface area contributed by atoms with Crippen LogP contribution in [0.5, 0.6) is 0 Å². The number of nitrogens with zero attached hydrogens (tertiary/aromatic N) is 1. The van der Waals surface area contributed by atoms with Crippen LogP contribution in [0.4, 0.5) is 17.2 Å². The van der Waals surface area contributed by atoms with Gasteiger partial charge in [0.15, 0.2) is 5.82 Å². The van der Waals surface area contributed by atoms with Crippen LogP contribution < -0.4 is 11.1 Å². The largest absolute Gasteiger partial charge is 0.395 e. The van der Waals surface area contributed by atoms with E-state index in [-0.39, 0.29) is 0 Å². The van der Waals surface area contributed by atoms with Gasteiger partial charge in [0.2, 0.25) is 0 Å². The van der Waals surface area contributed by atoms with E-state index in [0.717, 1.165) is 5.69 Å². The summed E-state index contributed by atoms with van der Waals surface area (Å²) in [5.41, 5.74) is 9.73. The first kappa shape index (κ1) is 11.7. The van der Waals surface area contributed by atoms with E-state index >= 15 is 0 Å². The molecule has 3 N–H and O–H groups in total. The van der Waals surface area contributed by atoms with Crippen molar-refractivity contribution in [2.75, 3.05) is 11.1 Å². The van der Waals surface area contributed by atoms with E-state index in [1.165, 1.54) is 11.1 Å². The number of benzene rings is 1. The van der Waals surface area contributed by atoms with E-state index in [9.17, 15) is 0 Å². The Morgan fingerprint density at radius 1 is 1.18 bits per heavy atom. The zero-order valence-electron chi connectivity index (χ0n) is 9.79. The molecule has 0 aliphatic heterocycles. The smallest absolute Gasteiger partial charge is 0.155 e. The first-order chi connectivity index (χ1) is 8.08. The van der Waals surface area contributed by atoms with Crippen LogP contribution in [-0.2, 0) is 0 Å². The van der Waals surface area contributed by atoms with Crippen LogP contribution in [0.2, 0.25) is 5.02 Å². The number of rotatable bonds is 2. The number of nitrogen functional groups attached to an aromatic ring is 1. The third-order valence-corrected chi connectivity index (χ3v) is 3.04. The molecular formula is C13H14ClN3. The molecule has 0 radical (unpaired) electrons. The minimum absolute atomic E-state index is 0.465. The lowest BCUT2D eigenvalue weighted by Crippen LogP contribution is -1.99. The SMILES string of the molecule is Cc1ccc(Nc2nccc(Cl)c2N)cc1C. The Bertz CT molecular complexity index is 552. The Kier molecular flexibility index (Phi) is 3.20. The van der Waals surface area contributed by atoms with Crippen LogP contribution in [-0.4, -0.2) is 4.98 Å². The predicted molar refractivity (Wildman–Crippen MR) is 72.9 cm³/mol. The summed E-state index contributed by atoms with van der Waals surface area (Å²) in [5, 5.41) is 3.67. The van der Waals surface area contributed by atoms with E-state index < -0.39 is 0 Å². The van der Waals surface area contributed by atoms with Gasteiger partial charge in [0, 0.05) is 11.9 Å². The topological polar surface area (TPSA) is 50.9 Å². The lowest BCUT2D eigenvalue weighted by molar-refractivity contribution is 1.29. The van der Waals surface area contributed by atoms with E-state index in [2.05, 4.69) is 36.3 Å². The number of nitrogens with two attached hydrogens (primary N) is 1. The number of hydrogen-bond acceptors (Lipinski definition) is 3. The molecule has 4 heteroatoms. The van der Waals surface area contributed by atoms with Gasteiger partial charge in [-0.05, 0) is 43.2 Å². The molecule has 88 valence electrons. The van der Waals surface area contributed by atoms with Gasteiger partial charge in [0.25, 0.3) is 0 Å². The van der Waals surface area contributed by atoms with E-state index in [4.69, 9.17) is 17.3 Å². The van der Waals surface area contributed by atoms with Crippen molar-refractivity contribution >= 4 is 28.8 Å². The van der Waals surface area contributed by atoms with E-state index in [1.54, 1.807) is 12.3 Å². The van der Waals surface area contributed by atoms with Gasteiger partial charge in [0.05, 0.1) is 10.7 Å². The summed E-state index contributed by atoms with van der Waals surface area (Å²) in [5.74, 6) is 0.584. The van der Waals surface area contributed by atoms with Crippen molar-refractivity contribution in [2.24, 2.45) is 0 Å². The van der Waals surface area contributed by atoms with Gasteiger partial charge >= 0.3 is 0 Å². The summed E-state index contributed by atoms with van der Waals surface area (Å²) in [4.78, 5) is 4.17. The molecule has 0 aliphatic rings. The van der Waals surface area contributed by atoms with Gasteiger partial charge in [-0.3, -0.25) is 0 Å². The standard InChI is InChI=1S/C13H14ClN3/c1-8-3-4-10(7-9(8)2)17-13-12(15)11(14)5-6-16-13/h3-7H,15H2,1-2H3,(H,16,17). The Hall–Kier alpha value is -1.74. The van der Waals surface area contributed by atoms with Crippen molar-refractivity contribution in [1.82, 2.24) is 4.98 Å². The summed E-state index contributed by atoms with van der Waals surface area (Å²) < 4.78 is 0. The fourth-order valence-corrected chi connectivity index (χ4v) is 1.65. The first-order valence-corrected chi connectivity index (χ1v) is 5.70. The minimum atomic E-state index is 0.465. The van der Waals surface area contributed by atoms with E-state index in [0.29, 0.717) is 16.5 Å². The molecule has 0 amide bonds. The van der Waals surface area contributed by atoms with Crippen molar-refractivity contribution in [3.63, 3.8) is 0 Å². The van der Waals surface area contributed by atoms with Gasteiger partial charge in [-0.25, -0.2) is 4.98 Å². The normalized spacial score (nSPS) is 10.3. The van der Waals surface area contributed by atoms with Crippen LogP contribution in [0.1, 0.15) is 11.1 Å². The highest BCUT2D eigenvalue weighted by atomic mass is 35.5. The number of hydrogen-bond donors (Lipinski definition) is 2. The Balaban J connectivity index is 2.31. The van der Waals surface area contributed by atoms with Gasteiger partial charge in [-0.2, -0.15) is 0 Å². The molecule has 1 aromatic carbocycles. The van der Waals surface area contributed by atoms with Crippen LogP contribution in [0.15, 0.2) is 30.5 Å². The molecule has 0 spiro atoms. The molecule has 2 aromatic rings. The Morgan fingerprint density at radius 2 is 1.94 bits per heavy atom. The van der Waals surface area contributed by atoms with Crippen molar-refractivity contribution in [3.8, 4) is 0 Å². The Labute approximate surface area is 106 Å². The van der Waals surface area contributed by atoms with Crippen molar-refractivity contribution in [1.29, 1.82) is 0 Å². The zero-order chi connectivity index (χ0) is 12.4. The lowest BCUT2D eigenvalue weighted by atomic mass is 10.1.